The second kappa shape index (κ2) is 8.32. The molecule has 1 unspecified atom stereocenters. The maximum atomic E-state index is 6.35. The van der Waals surface area contributed by atoms with Crippen LogP contribution in [-0.2, 0) is 15.7 Å². The molecule has 1 saturated heterocycles. The van der Waals surface area contributed by atoms with Crippen LogP contribution in [0.5, 0.6) is 5.75 Å². The van der Waals surface area contributed by atoms with Crippen LogP contribution in [0.1, 0.15) is 56.3 Å². The van der Waals surface area contributed by atoms with E-state index < -0.39 is 18.3 Å². The van der Waals surface area contributed by atoms with Crippen molar-refractivity contribution in [2.45, 2.75) is 51.4 Å². The maximum Gasteiger partial charge on any atom is 0.494 e. The molecular weight excluding hydrogens is 449 g/mol. The minimum atomic E-state index is -0.433. The SMILES string of the molecule is COc1ccc(CC2N=C(c3nc4ccccc4[nH]3)c3cc(B4OC(C)(C)C(C)(C)O4)ccc32)cc1. The Morgan fingerprint density at radius 2 is 1.67 bits per heavy atom. The summed E-state index contributed by atoms with van der Waals surface area (Å²) in [5.41, 5.74) is 6.44. The summed E-state index contributed by atoms with van der Waals surface area (Å²) in [6, 6.07) is 22.7. The maximum absolute atomic E-state index is 6.35. The van der Waals surface area contributed by atoms with E-state index in [9.17, 15) is 0 Å². The highest BCUT2D eigenvalue weighted by Crippen LogP contribution is 2.38. The molecule has 182 valence electrons. The third kappa shape index (κ3) is 3.83. The van der Waals surface area contributed by atoms with Gasteiger partial charge in [-0.3, -0.25) is 4.99 Å². The molecule has 2 aliphatic heterocycles. The molecule has 3 heterocycles. The Bertz CT molecular complexity index is 1420. The summed E-state index contributed by atoms with van der Waals surface area (Å²) in [6.45, 7) is 8.30. The van der Waals surface area contributed by atoms with Gasteiger partial charge < -0.3 is 19.0 Å². The Morgan fingerprint density at radius 1 is 0.944 bits per heavy atom. The van der Waals surface area contributed by atoms with E-state index in [1.165, 1.54) is 11.1 Å². The summed E-state index contributed by atoms with van der Waals surface area (Å²) in [5.74, 6) is 1.63. The third-order valence-corrected chi connectivity index (χ3v) is 7.70. The molecule has 1 fully saturated rings. The second-order valence-corrected chi connectivity index (χ2v) is 10.6. The van der Waals surface area contributed by atoms with Crippen LogP contribution >= 0.6 is 0 Å². The molecule has 4 aromatic rings. The summed E-state index contributed by atoms with van der Waals surface area (Å²) in [4.78, 5) is 13.5. The highest BCUT2D eigenvalue weighted by atomic mass is 16.7. The highest BCUT2D eigenvalue weighted by molar-refractivity contribution is 6.62. The standard InChI is InChI=1S/C29H30BN3O3/c1-28(2)29(3,4)36-30(35-28)19-12-15-21-22(17-19)26(27-32-23-8-6-7-9-24(23)33-27)31-25(21)16-18-10-13-20(34-5)14-11-18/h6-15,17,25H,16H2,1-5H3,(H,32,33). The fourth-order valence-corrected chi connectivity index (χ4v) is 4.88. The lowest BCUT2D eigenvalue weighted by atomic mass is 9.77. The van der Waals surface area contributed by atoms with Crippen molar-refractivity contribution in [3.05, 3.63) is 89.2 Å². The van der Waals surface area contributed by atoms with Gasteiger partial charge in [0.1, 0.15) is 11.5 Å². The van der Waals surface area contributed by atoms with E-state index in [-0.39, 0.29) is 6.04 Å². The number of rotatable bonds is 5. The van der Waals surface area contributed by atoms with E-state index in [0.717, 1.165) is 45.8 Å². The molecule has 7 heteroatoms. The number of aromatic amines is 1. The molecule has 1 N–H and O–H groups in total. The first kappa shape index (κ1) is 23.0. The van der Waals surface area contributed by atoms with E-state index in [2.05, 4.69) is 63.0 Å². The summed E-state index contributed by atoms with van der Waals surface area (Å²) < 4.78 is 18.0. The minimum Gasteiger partial charge on any atom is -0.497 e. The van der Waals surface area contributed by atoms with Gasteiger partial charge in [0.25, 0.3) is 0 Å². The molecule has 0 amide bonds. The van der Waals surface area contributed by atoms with Crippen molar-refractivity contribution in [3.8, 4) is 5.75 Å². The average Bonchev–Trinajstić information content (AvgIpc) is 3.50. The Hall–Kier alpha value is -3.42. The number of nitrogens with one attached hydrogen (secondary N) is 1. The largest absolute Gasteiger partial charge is 0.497 e. The van der Waals surface area contributed by atoms with E-state index in [0.29, 0.717) is 0 Å². The van der Waals surface area contributed by atoms with Crippen molar-refractivity contribution in [1.29, 1.82) is 0 Å². The summed E-state index contributed by atoms with van der Waals surface area (Å²) in [7, 11) is 1.25. The van der Waals surface area contributed by atoms with Crippen molar-refractivity contribution in [2.24, 2.45) is 4.99 Å². The Labute approximate surface area is 211 Å². The van der Waals surface area contributed by atoms with Gasteiger partial charge >= 0.3 is 7.12 Å². The average molecular weight is 479 g/mol. The van der Waals surface area contributed by atoms with Crippen molar-refractivity contribution in [2.75, 3.05) is 7.11 Å². The van der Waals surface area contributed by atoms with Crippen LogP contribution in [0.3, 0.4) is 0 Å². The van der Waals surface area contributed by atoms with Gasteiger partial charge in [-0.25, -0.2) is 4.98 Å². The minimum absolute atomic E-state index is 0.0102. The van der Waals surface area contributed by atoms with Crippen molar-refractivity contribution in [1.82, 2.24) is 9.97 Å². The number of para-hydroxylation sites is 2. The summed E-state index contributed by atoms with van der Waals surface area (Å²) in [6.07, 6.45) is 0.788. The van der Waals surface area contributed by atoms with Gasteiger partial charge in [0, 0.05) is 5.56 Å². The first-order valence-corrected chi connectivity index (χ1v) is 12.4. The van der Waals surface area contributed by atoms with Crippen LogP contribution in [0.25, 0.3) is 11.0 Å². The van der Waals surface area contributed by atoms with Crippen molar-refractivity contribution in [3.63, 3.8) is 0 Å². The van der Waals surface area contributed by atoms with Gasteiger partial charge in [-0.2, -0.15) is 0 Å². The number of ether oxygens (including phenoxy) is 1. The molecule has 1 atom stereocenters. The molecule has 3 aromatic carbocycles. The third-order valence-electron chi connectivity index (χ3n) is 7.70. The normalized spacial score (nSPS) is 20.0. The number of benzene rings is 3. The summed E-state index contributed by atoms with van der Waals surface area (Å²) in [5, 5.41) is 0. The number of aliphatic imine (C=N–C) groups is 1. The first-order valence-electron chi connectivity index (χ1n) is 12.4. The van der Waals surface area contributed by atoms with Crippen LogP contribution in [0.2, 0.25) is 0 Å². The fraction of sp³-hybridized carbons (Fsp3) is 0.310. The topological polar surface area (TPSA) is 68.7 Å². The zero-order chi connectivity index (χ0) is 25.1. The number of fused-ring (bicyclic) bond motifs is 2. The quantitative estimate of drug-likeness (QED) is 0.409. The molecule has 0 spiro atoms. The van der Waals surface area contributed by atoms with Gasteiger partial charge in [0.2, 0.25) is 0 Å². The molecular formula is C29H30BN3O3. The molecule has 0 saturated carbocycles. The molecule has 6 nitrogen and oxygen atoms in total. The number of aromatic nitrogens is 2. The molecule has 1 aromatic heterocycles. The Balaban J connectivity index is 1.40. The number of nitrogens with zero attached hydrogens (tertiary/aromatic N) is 2. The smallest absolute Gasteiger partial charge is 0.494 e. The molecule has 6 rings (SSSR count). The van der Waals surface area contributed by atoms with Crippen LogP contribution in [-0.4, -0.2) is 41.1 Å². The van der Waals surface area contributed by atoms with Crippen LogP contribution in [0.15, 0.2) is 71.7 Å². The number of imidazole rings is 1. The predicted molar refractivity (Wildman–Crippen MR) is 143 cm³/mol. The zero-order valence-electron chi connectivity index (χ0n) is 21.3. The van der Waals surface area contributed by atoms with Gasteiger partial charge in [0.05, 0.1) is 35.4 Å². The molecule has 36 heavy (non-hydrogen) atoms. The van der Waals surface area contributed by atoms with Gasteiger partial charge in [-0.15, -0.1) is 0 Å². The van der Waals surface area contributed by atoms with Crippen LogP contribution in [0, 0.1) is 0 Å². The highest BCUT2D eigenvalue weighted by Gasteiger charge is 2.52. The lowest BCUT2D eigenvalue weighted by Crippen LogP contribution is -2.41. The second-order valence-electron chi connectivity index (χ2n) is 10.6. The van der Waals surface area contributed by atoms with Crippen molar-refractivity contribution >= 4 is 29.3 Å². The van der Waals surface area contributed by atoms with Gasteiger partial charge in [-0.05, 0) is 75.0 Å². The van der Waals surface area contributed by atoms with E-state index >= 15 is 0 Å². The molecule has 0 radical (unpaired) electrons. The Kier molecular flexibility index (Phi) is 5.32. The van der Waals surface area contributed by atoms with E-state index in [1.54, 1.807) is 7.11 Å². The monoisotopic (exact) mass is 479 g/mol. The summed E-state index contributed by atoms with van der Waals surface area (Å²) >= 11 is 0. The number of hydrogen-bond acceptors (Lipinski definition) is 5. The molecule has 2 aliphatic rings. The van der Waals surface area contributed by atoms with Gasteiger partial charge in [0.15, 0.2) is 5.82 Å². The van der Waals surface area contributed by atoms with E-state index in [1.807, 2.05) is 36.4 Å². The molecule has 0 aliphatic carbocycles. The van der Waals surface area contributed by atoms with E-state index in [4.69, 9.17) is 24.0 Å². The number of hydrogen-bond donors (Lipinski definition) is 1. The van der Waals surface area contributed by atoms with Crippen LogP contribution < -0.4 is 10.2 Å². The lowest BCUT2D eigenvalue weighted by molar-refractivity contribution is 0.00578. The predicted octanol–water partition coefficient (Wildman–Crippen LogP) is 5.01. The van der Waals surface area contributed by atoms with Crippen LogP contribution in [0.4, 0.5) is 0 Å². The zero-order valence-corrected chi connectivity index (χ0v) is 21.3. The number of methoxy groups -OCH3 is 1. The fourth-order valence-electron chi connectivity index (χ4n) is 4.88. The van der Waals surface area contributed by atoms with Crippen molar-refractivity contribution < 1.29 is 14.0 Å². The number of H-pyrrole nitrogens is 1. The van der Waals surface area contributed by atoms with Gasteiger partial charge in [-0.1, -0.05) is 42.5 Å². The first-order chi connectivity index (χ1) is 17.2. The Morgan fingerprint density at radius 3 is 2.36 bits per heavy atom. The molecule has 0 bridgehead atoms. The lowest BCUT2D eigenvalue weighted by Gasteiger charge is -2.32.